The van der Waals surface area contributed by atoms with Crippen LogP contribution in [0.1, 0.15) is 44.6 Å². The van der Waals surface area contributed by atoms with Crippen molar-refractivity contribution in [1.29, 1.82) is 0 Å². The summed E-state index contributed by atoms with van der Waals surface area (Å²) in [7, 11) is -0.946. The SMILES string of the molecule is CCC(C(=O)NC1CCCC1)N(Cc1ccc(OC)cc1)C(=O)CN(c1cc(Cl)ccc1OC)S(C)(=O)=O. The average molecular weight is 566 g/mol. The van der Waals surface area contributed by atoms with Crippen molar-refractivity contribution in [3.63, 3.8) is 0 Å². The number of benzene rings is 2. The van der Waals surface area contributed by atoms with Crippen LogP contribution in [0.25, 0.3) is 0 Å². The Balaban J connectivity index is 1.96. The van der Waals surface area contributed by atoms with Crippen LogP contribution in [0.4, 0.5) is 5.69 Å². The lowest BCUT2D eigenvalue weighted by Gasteiger charge is -2.33. The van der Waals surface area contributed by atoms with Gasteiger partial charge < -0.3 is 19.7 Å². The zero-order valence-corrected chi connectivity index (χ0v) is 23.8. The Labute approximate surface area is 230 Å². The van der Waals surface area contributed by atoms with E-state index in [4.69, 9.17) is 21.1 Å². The van der Waals surface area contributed by atoms with E-state index in [9.17, 15) is 18.0 Å². The first-order valence-corrected chi connectivity index (χ1v) is 14.8. The number of sulfonamides is 1. The van der Waals surface area contributed by atoms with Crippen molar-refractivity contribution in [3.05, 3.63) is 53.1 Å². The Morgan fingerprint density at radius 1 is 1.08 bits per heavy atom. The third-order valence-electron chi connectivity index (χ3n) is 6.69. The highest BCUT2D eigenvalue weighted by molar-refractivity contribution is 7.92. The summed E-state index contributed by atoms with van der Waals surface area (Å²) in [5.74, 6) is 0.142. The van der Waals surface area contributed by atoms with Gasteiger partial charge in [-0.3, -0.25) is 13.9 Å². The van der Waals surface area contributed by atoms with E-state index >= 15 is 0 Å². The first-order valence-electron chi connectivity index (χ1n) is 12.6. The Hall–Kier alpha value is -2.98. The minimum atomic E-state index is -3.92. The van der Waals surface area contributed by atoms with Crippen LogP contribution in [0, 0.1) is 0 Å². The molecule has 3 rings (SSSR count). The fourth-order valence-electron chi connectivity index (χ4n) is 4.67. The number of hydrogen-bond acceptors (Lipinski definition) is 6. The second kappa shape index (κ2) is 13.2. The van der Waals surface area contributed by atoms with Crippen molar-refractivity contribution in [2.24, 2.45) is 0 Å². The second-order valence-electron chi connectivity index (χ2n) is 9.37. The van der Waals surface area contributed by atoms with Crippen LogP contribution in [0.3, 0.4) is 0 Å². The minimum Gasteiger partial charge on any atom is -0.497 e. The Morgan fingerprint density at radius 3 is 2.29 bits per heavy atom. The van der Waals surface area contributed by atoms with Crippen molar-refractivity contribution >= 4 is 39.1 Å². The molecule has 1 aliphatic carbocycles. The molecule has 11 heteroatoms. The van der Waals surface area contributed by atoms with E-state index in [1.54, 1.807) is 31.4 Å². The standard InChI is InChI=1S/C27H36ClN3O6S/c1-5-23(27(33)29-21-8-6-7-9-21)30(17-19-10-13-22(36-2)14-11-19)26(32)18-31(38(4,34)35)24-16-20(28)12-15-25(24)37-3/h10-16,21,23H,5-9,17-18H2,1-4H3,(H,29,33). The smallest absolute Gasteiger partial charge is 0.244 e. The molecule has 0 aliphatic heterocycles. The zero-order chi connectivity index (χ0) is 27.9. The number of carbonyl (C=O) groups excluding carboxylic acids is 2. The summed E-state index contributed by atoms with van der Waals surface area (Å²) in [5.41, 5.74) is 0.918. The van der Waals surface area contributed by atoms with Gasteiger partial charge in [0.2, 0.25) is 21.8 Å². The summed E-state index contributed by atoms with van der Waals surface area (Å²) < 4.78 is 37.3. The molecule has 208 valence electrons. The predicted octanol–water partition coefficient (Wildman–Crippen LogP) is 3.99. The number of nitrogens with zero attached hydrogens (tertiary/aromatic N) is 2. The molecule has 0 bridgehead atoms. The fraction of sp³-hybridized carbons (Fsp3) is 0.481. The summed E-state index contributed by atoms with van der Waals surface area (Å²) in [5, 5.41) is 3.38. The molecule has 0 radical (unpaired) electrons. The minimum absolute atomic E-state index is 0.0812. The van der Waals surface area contributed by atoms with Gasteiger partial charge >= 0.3 is 0 Å². The number of halogens is 1. The molecule has 2 amide bonds. The molecular formula is C27H36ClN3O6S. The van der Waals surface area contributed by atoms with E-state index in [-0.39, 0.29) is 29.9 Å². The van der Waals surface area contributed by atoms with Crippen LogP contribution in [0.5, 0.6) is 11.5 Å². The summed E-state index contributed by atoms with van der Waals surface area (Å²) in [6.45, 7) is 1.42. The number of anilines is 1. The maximum Gasteiger partial charge on any atom is 0.244 e. The molecule has 2 aromatic carbocycles. The fourth-order valence-corrected chi connectivity index (χ4v) is 5.68. The molecular weight excluding hydrogens is 530 g/mol. The largest absolute Gasteiger partial charge is 0.497 e. The predicted molar refractivity (Wildman–Crippen MR) is 148 cm³/mol. The lowest BCUT2D eigenvalue weighted by Crippen LogP contribution is -2.53. The first kappa shape index (κ1) is 29.6. The second-order valence-corrected chi connectivity index (χ2v) is 11.7. The average Bonchev–Trinajstić information content (AvgIpc) is 3.39. The molecule has 1 N–H and O–H groups in total. The van der Waals surface area contributed by atoms with Crippen molar-refractivity contribution in [2.75, 3.05) is 31.3 Å². The van der Waals surface area contributed by atoms with E-state index in [2.05, 4.69) is 5.32 Å². The maximum absolute atomic E-state index is 13.9. The van der Waals surface area contributed by atoms with Crippen molar-refractivity contribution in [1.82, 2.24) is 10.2 Å². The van der Waals surface area contributed by atoms with E-state index in [1.165, 1.54) is 18.1 Å². The van der Waals surface area contributed by atoms with E-state index in [0.29, 0.717) is 17.2 Å². The molecule has 1 unspecified atom stereocenters. The molecule has 1 fully saturated rings. The number of ether oxygens (including phenoxy) is 2. The zero-order valence-electron chi connectivity index (χ0n) is 22.3. The Morgan fingerprint density at radius 2 is 1.74 bits per heavy atom. The number of rotatable bonds is 12. The number of amides is 2. The van der Waals surface area contributed by atoms with Gasteiger partial charge in [0.1, 0.15) is 24.1 Å². The van der Waals surface area contributed by atoms with E-state index in [1.807, 2.05) is 19.1 Å². The van der Waals surface area contributed by atoms with Crippen LogP contribution in [-0.2, 0) is 26.2 Å². The number of hydrogen-bond donors (Lipinski definition) is 1. The number of methoxy groups -OCH3 is 2. The van der Waals surface area contributed by atoms with Gasteiger partial charge in [0.25, 0.3) is 0 Å². The summed E-state index contributed by atoms with van der Waals surface area (Å²) in [6.07, 6.45) is 5.30. The third kappa shape index (κ3) is 7.54. The van der Waals surface area contributed by atoms with Crippen molar-refractivity contribution in [2.45, 2.75) is 57.7 Å². The van der Waals surface area contributed by atoms with Crippen LogP contribution in [0.2, 0.25) is 5.02 Å². The van der Waals surface area contributed by atoms with Gasteiger partial charge in [0.15, 0.2) is 0 Å². The molecule has 1 aliphatic rings. The lowest BCUT2D eigenvalue weighted by molar-refractivity contribution is -0.140. The van der Waals surface area contributed by atoms with Gasteiger partial charge in [-0.15, -0.1) is 0 Å². The van der Waals surface area contributed by atoms with Crippen LogP contribution < -0.4 is 19.1 Å². The molecule has 0 saturated heterocycles. The molecule has 0 spiro atoms. The van der Waals surface area contributed by atoms with Gasteiger partial charge in [0.05, 0.1) is 26.2 Å². The maximum atomic E-state index is 13.9. The van der Waals surface area contributed by atoms with Crippen LogP contribution >= 0.6 is 11.6 Å². The Bertz CT molecular complexity index is 1220. The highest BCUT2D eigenvalue weighted by Gasteiger charge is 2.33. The van der Waals surface area contributed by atoms with Crippen molar-refractivity contribution < 1.29 is 27.5 Å². The van der Waals surface area contributed by atoms with Gasteiger partial charge in [-0.2, -0.15) is 0 Å². The van der Waals surface area contributed by atoms with E-state index in [0.717, 1.165) is 41.8 Å². The van der Waals surface area contributed by atoms with Crippen molar-refractivity contribution in [3.8, 4) is 11.5 Å². The number of carbonyl (C=O) groups is 2. The summed E-state index contributed by atoms with van der Waals surface area (Å²) in [4.78, 5) is 28.7. The Kier molecular flexibility index (Phi) is 10.3. The van der Waals surface area contributed by atoms with Gasteiger partial charge in [0, 0.05) is 17.6 Å². The molecule has 0 aromatic heterocycles. The molecule has 0 heterocycles. The summed E-state index contributed by atoms with van der Waals surface area (Å²) >= 11 is 6.16. The highest BCUT2D eigenvalue weighted by atomic mass is 35.5. The van der Waals surface area contributed by atoms with Gasteiger partial charge in [-0.25, -0.2) is 8.42 Å². The lowest BCUT2D eigenvalue weighted by atomic mass is 10.1. The van der Waals surface area contributed by atoms with Crippen LogP contribution in [-0.4, -0.2) is 64.2 Å². The van der Waals surface area contributed by atoms with Gasteiger partial charge in [-0.1, -0.05) is 43.5 Å². The monoisotopic (exact) mass is 565 g/mol. The highest BCUT2D eigenvalue weighted by Crippen LogP contribution is 2.33. The van der Waals surface area contributed by atoms with E-state index < -0.39 is 28.5 Å². The normalized spacial score (nSPS) is 14.6. The molecule has 38 heavy (non-hydrogen) atoms. The molecule has 9 nitrogen and oxygen atoms in total. The quantitative estimate of drug-likeness (QED) is 0.417. The van der Waals surface area contributed by atoms with Gasteiger partial charge in [-0.05, 0) is 55.2 Å². The van der Waals surface area contributed by atoms with Crippen LogP contribution in [0.15, 0.2) is 42.5 Å². The number of nitrogens with one attached hydrogen (secondary N) is 1. The molecule has 1 atom stereocenters. The molecule has 1 saturated carbocycles. The first-order chi connectivity index (χ1) is 18.1. The summed E-state index contributed by atoms with van der Waals surface area (Å²) in [6, 6.07) is 11.0. The molecule has 2 aromatic rings. The topological polar surface area (TPSA) is 105 Å². The third-order valence-corrected chi connectivity index (χ3v) is 8.05.